The van der Waals surface area contributed by atoms with Crippen LogP contribution in [0.5, 0.6) is 0 Å². The third-order valence-electron chi connectivity index (χ3n) is 2.57. The summed E-state index contributed by atoms with van der Waals surface area (Å²) in [7, 11) is 0. The van der Waals surface area contributed by atoms with E-state index in [2.05, 4.69) is 20.6 Å². The summed E-state index contributed by atoms with van der Waals surface area (Å²) >= 11 is 0. The maximum absolute atomic E-state index is 5.50. The summed E-state index contributed by atoms with van der Waals surface area (Å²) in [4.78, 5) is 4.10. The fraction of sp³-hybridized carbons (Fsp3) is 0.750. The third kappa shape index (κ3) is 1.92. The molecule has 0 bridgehead atoms. The fourth-order valence-corrected chi connectivity index (χ4v) is 1.83. The maximum Gasteiger partial charge on any atom is 0.143 e. The van der Waals surface area contributed by atoms with E-state index >= 15 is 0 Å². The molecule has 4 N–H and O–H groups in total. The number of rotatable bonds is 3. The first-order valence-electron chi connectivity index (χ1n) is 4.81. The maximum atomic E-state index is 5.50. The van der Waals surface area contributed by atoms with Crippen LogP contribution < -0.4 is 11.3 Å². The van der Waals surface area contributed by atoms with E-state index in [1.165, 1.54) is 6.33 Å². The van der Waals surface area contributed by atoms with E-state index in [9.17, 15) is 0 Å². The van der Waals surface area contributed by atoms with Gasteiger partial charge in [-0.1, -0.05) is 0 Å². The van der Waals surface area contributed by atoms with Gasteiger partial charge >= 0.3 is 0 Å². The number of nitrogens with two attached hydrogens (primary N) is 1. The van der Waals surface area contributed by atoms with Gasteiger partial charge in [-0.2, -0.15) is 5.10 Å². The summed E-state index contributed by atoms with van der Waals surface area (Å²) in [6.07, 6.45) is 3.68. The molecule has 0 spiro atoms. The van der Waals surface area contributed by atoms with Crippen LogP contribution in [0.15, 0.2) is 6.33 Å². The second-order valence-electron chi connectivity index (χ2n) is 3.49. The summed E-state index contributed by atoms with van der Waals surface area (Å²) in [5.41, 5.74) is 2.76. The largest absolute Gasteiger partial charge is 0.381 e. The summed E-state index contributed by atoms with van der Waals surface area (Å²) in [5, 5.41) is 6.64. The van der Waals surface area contributed by atoms with Gasteiger partial charge in [-0.25, -0.2) is 10.4 Å². The van der Waals surface area contributed by atoms with Crippen LogP contribution >= 0.6 is 0 Å². The zero-order chi connectivity index (χ0) is 9.80. The molecule has 14 heavy (non-hydrogen) atoms. The van der Waals surface area contributed by atoms with Crippen LogP contribution in [0.2, 0.25) is 0 Å². The first-order chi connectivity index (χ1) is 6.92. The molecule has 1 aromatic rings. The van der Waals surface area contributed by atoms with Gasteiger partial charge in [0.05, 0.1) is 12.6 Å². The number of aromatic nitrogens is 3. The van der Waals surface area contributed by atoms with Crippen LogP contribution in [0, 0.1) is 5.92 Å². The molecule has 1 aliphatic rings. The molecular formula is C8H15N5O. The molecule has 2 unspecified atom stereocenters. The number of hydrogen-bond donors (Lipinski definition) is 3. The summed E-state index contributed by atoms with van der Waals surface area (Å²) in [5.74, 6) is 6.66. The summed E-state index contributed by atoms with van der Waals surface area (Å²) in [6.45, 7) is 1.58. The van der Waals surface area contributed by atoms with E-state index in [0.717, 1.165) is 31.9 Å². The van der Waals surface area contributed by atoms with Crippen molar-refractivity contribution >= 4 is 0 Å². The van der Waals surface area contributed by atoms with Crippen LogP contribution in [0.1, 0.15) is 24.7 Å². The highest BCUT2D eigenvalue weighted by Gasteiger charge is 2.26. The number of H-pyrrole nitrogens is 1. The average Bonchev–Trinajstić information content (AvgIpc) is 2.74. The van der Waals surface area contributed by atoms with Crippen LogP contribution in [-0.2, 0) is 4.74 Å². The lowest BCUT2D eigenvalue weighted by atomic mass is 9.94. The van der Waals surface area contributed by atoms with Gasteiger partial charge in [0.1, 0.15) is 12.2 Å². The number of aromatic amines is 1. The Balaban J connectivity index is 2.04. The topological polar surface area (TPSA) is 88.9 Å². The van der Waals surface area contributed by atoms with Crippen LogP contribution in [0.4, 0.5) is 0 Å². The van der Waals surface area contributed by atoms with Gasteiger partial charge in [0, 0.05) is 12.5 Å². The smallest absolute Gasteiger partial charge is 0.143 e. The van der Waals surface area contributed by atoms with Gasteiger partial charge in [-0.05, 0) is 12.8 Å². The van der Waals surface area contributed by atoms with Gasteiger partial charge in [-0.3, -0.25) is 10.9 Å². The Morgan fingerprint density at radius 1 is 1.71 bits per heavy atom. The molecule has 6 nitrogen and oxygen atoms in total. The van der Waals surface area contributed by atoms with E-state index in [0.29, 0.717) is 5.92 Å². The molecule has 1 fully saturated rings. The average molecular weight is 197 g/mol. The lowest BCUT2D eigenvalue weighted by Gasteiger charge is -2.28. The fourth-order valence-electron chi connectivity index (χ4n) is 1.83. The first-order valence-corrected chi connectivity index (χ1v) is 4.81. The van der Waals surface area contributed by atoms with Crippen molar-refractivity contribution < 1.29 is 4.74 Å². The number of nitrogens with one attached hydrogen (secondary N) is 2. The lowest BCUT2D eigenvalue weighted by Crippen LogP contribution is -2.37. The Kier molecular flexibility index (Phi) is 3.07. The molecule has 1 aliphatic heterocycles. The first kappa shape index (κ1) is 9.57. The van der Waals surface area contributed by atoms with Crippen LogP contribution in [0.25, 0.3) is 0 Å². The number of ether oxygens (including phenoxy) is 1. The molecule has 0 radical (unpaired) electrons. The van der Waals surface area contributed by atoms with E-state index in [1.807, 2.05) is 0 Å². The van der Waals surface area contributed by atoms with Crippen molar-refractivity contribution in [2.24, 2.45) is 11.8 Å². The third-order valence-corrected chi connectivity index (χ3v) is 2.57. The van der Waals surface area contributed by atoms with Crippen molar-refractivity contribution in [2.75, 3.05) is 13.2 Å². The van der Waals surface area contributed by atoms with E-state index in [4.69, 9.17) is 10.6 Å². The minimum atomic E-state index is 0.0119. The Morgan fingerprint density at radius 3 is 3.21 bits per heavy atom. The van der Waals surface area contributed by atoms with Crippen molar-refractivity contribution in [3.63, 3.8) is 0 Å². The second-order valence-corrected chi connectivity index (χ2v) is 3.49. The molecule has 1 aromatic heterocycles. The molecule has 78 valence electrons. The van der Waals surface area contributed by atoms with Crippen LogP contribution in [0.3, 0.4) is 0 Å². The molecular weight excluding hydrogens is 182 g/mol. The Hall–Kier alpha value is -0.980. The van der Waals surface area contributed by atoms with Crippen molar-refractivity contribution in [3.05, 3.63) is 12.2 Å². The minimum Gasteiger partial charge on any atom is -0.381 e. The number of hydrazine groups is 1. The highest BCUT2D eigenvalue weighted by molar-refractivity contribution is 4.94. The molecule has 2 atom stereocenters. The molecule has 2 rings (SSSR count). The van der Waals surface area contributed by atoms with Crippen molar-refractivity contribution in [2.45, 2.75) is 18.9 Å². The zero-order valence-corrected chi connectivity index (χ0v) is 7.94. The van der Waals surface area contributed by atoms with Crippen LogP contribution in [-0.4, -0.2) is 28.4 Å². The van der Waals surface area contributed by atoms with Gasteiger partial charge < -0.3 is 4.74 Å². The molecule has 0 saturated carbocycles. The SMILES string of the molecule is NNC(c1ncn[nH]1)C1CCCOC1. The molecule has 0 amide bonds. The normalized spacial score (nSPS) is 24.8. The molecule has 0 aromatic carbocycles. The Labute approximate surface area is 82.2 Å². The van der Waals surface area contributed by atoms with Gasteiger partial charge in [-0.15, -0.1) is 0 Å². The summed E-state index contributed by atoms with van der Waals surface area (Å²) in [6, 6.07) is 0.0119. The standard InChI is InChI=1S/C8H15N5O/c9-12-7(8-10-5-11-13-8)6-2-1-3-14-4-6/h5-7,12H,1-4,9H2,(H,10,11,13). The van der Waals surface area contributed by atoms with Gasteiger partial charge in [0.2, 0.25) is 0 Å². The van der Waals surface area contributed by atoms with Gasteiger partial charge in [0.25, 0.3) is 0 Å². The van der Waals surface area contributed by atoms with Crippen molar-refractivity contribution in [3.8, 4) is 0 Å². The van der Waals surface area contributed by atoms with Crippen molar-refractivity contribution in [1.82, 2.24) is 20.6 Å². The van der Waals surface area contributed by atoms with E-state index in [-0.39, 0.29) is 6.04 Å². The monoisotopic (exact) mass is 197 g/mol. The predicted molar refractivity (Wildman–Crippen MR) is 50.0 cm³/mol. The molecule has 2 heterocycles. The molecule has 1 saturated heterocycles. The van der Waals surface area contributed by atoms with Gasteiger partial charge in [0.15, 0.2) is 0 Å². The minimum absolute atomic E-state index is 0.0119. The molecule has 0 aliphatic carbocycles. The lowest BCUT2D eigenvalue weighted by molar-refractivity contribution is 0.0377. The van der Waals surface area contributed by atoms with E-state index < -0.39 is 0 Å². The highest BCUT2D eigenvalue weighted by Crippen LogP contribution is 2.25. The number of hydrogen-bond acceptors (Lipinski definition) is 5. The van der Waals surface area contributed by atoms with Crippen molar-refractivity contribution in [1.29, 1.82) is 0 Å². The highest BCUT2D eigenvalue weighted by atomic mass is 16.5. The summed E-state index contributed by atoms with van der Waals surface area (Å²) < 4.78 is 5.41. The Bertz CT molecular complexity index is 257. The number of nitrogens with zero attached hydrogens (tertiary/aromatic N) is 2. The van der Waals surface area contributed by atoms with E-state index in [1.54, 1.807) is 0 Å². The Morgan fingerprint density at radius 2 is 2.64 bits per heavy atom. The molecule has 6 heteroatoms. The quantitative estimate of drug-likeness (QED) is 0.458. The predicted octanol–water partition coefficient (Wildman–Crippen LogP) is -0.264. The second kappa shape index (κ2) is 4.50. The zero-order valence-electron chi connectivity index (χ0n) is 7.94.